The van der Waals surface area contributed by atoms with Crippen LogP contribution >= 0.6 is 0 Å². The molecule has 27 heavy (non-hydrogen) atoms. The molecule has 144 valence electrons. The monoisotopic (exact) mass is 387 g/mol. The van der Waals surface area contributed by atoms with E-state index in [1.807, 2.05) is 42.5 Å². The molecule has 3 rings (SSSR count). The van der Waals surface area contributed by atoms with Crippen molar-refractivity contribution in [2.45, 2.75) is 19.3 Å². The van der Waals surface area contributed by atoms with E-state index in [0.29, 0.717) is 13.1 Å². The third kappa shape index (κ3) is 5.23. The molecule has 6 nitrogen and oxygen atoms in total. The average Bonchev–Trinajstić information content (AvgIpc) is 3.11. The normalized spacial score (nSPS) is 13.3. The van der Waals surface area contributed by atoms with Gasteiger partial charge in [-0.25, -0.2) is 13.2 Å². The highest BCUT2D eigenvalue weighted by atomic mass is 32.2. The van der Waals surface area contributed by atoms with Crippen LogP contribution in [-0.2, 0) is 22.9 Å². The number of para-hydroxylation sites is 1. The Morgan fingerprint density at radius 1 is 0.963 bits per heavy atom. The van der Waals surface area contributed by atoms with Crippen LogP contribution in [-0.4, -0.2) is 39.8 Å². The van der Waals surface area contributed by atoms with Crippen molar-refractivity contribution >= 4 is 21.7 Å². The lowest BCUT2D eigenvalue weighted by Crippen LogP contribution is -2.41. The topological polar surface area (TPSA) is 78.5 Å². The highest BCUT2D eigenvalue weighted by Crippen LogP contribution is 2.29. The van der Waals surface area contributed by atoms with Gasteiger partial charge in [0.05, 0.1) is 11.4 Å². The average molecular weight is 388 g/mol. The zero-order valence-corrected chi connectivity index (χ0v) is 16.0. The first-order valence-electron chi connectivity index (χ1n) is 9.20. The highest BCUT2D eigenvalue weighted by molar-refractivity contribution is 7.92. The summed E-state index contributed by atoms with van der Waals surface area (Å²) >= 11 is 0. The summed E-state index contributed by atoms with van der Waals surface area (Å²) in [5.74, 6) is -0.112. The lowest BCUT2D eigenvalue weighted by atomic mass is 10.1. The number of rotatable bonds is 8. The van der Waals surface area contributed by atoms with Crippen molar-refractivity contribution in [3.8, 4) is 0 Å². The molecule has 0 radical (unpaired) electrons. The maximum atomic E-state index is 12.5. The Bertz CT molecular complexity index is 869. The van der Waals surface area contributed by atoms with E-state index in [4.69, 9.17) is 0 Å². The lowest BCUT2D eigenvalue weighted by Gasteiger charge is -2.19. The number of anilines is 1. The smallest absolute Gasteiger partial charge is 0.314 e. The van der Waals surface area contributed by atoms with Gasteiger partial charge in [0.15, 0.2) is 0 Å². The Morgan fingerprint density at radius 2 is 1.67 bits per heavy atom. The molecule has 7 heteroatoms. The maximum Gasteiger partial charge on any atom is 0.314 e. The molecule has 2 N–H and O–H groups in total. The van der Waals surface area contributed by atoms with E-state index >= 15 is 0 Å². The van der Waals surface area contributed by atoms with Crippen LogP contribution in [0.5, 0.6) is 0 Å². The predicted molar refractivity (Wildman–Crippen MR) is 107 cm³/mol. The number of sulfonamides is 1. The third-order valence-electron chi connectivity index (χ3n) is 4.60. The number of hydrogen-bond acceptors (Lipinski definition) is 3. The van der Waals surface area contributed by atoms with Crippen molar-refractivity contribution in [1.82, 2.24) is 10.6 Å². The first-order chi connectivity index (χ1) is 13.1. The first-order valence-corrected chi connectivity index (χ1v) is 10.8. The molecule has 2 aromatic rings. The number of nitrogens with zero attached hydrogens (tertiary/aromatic N) is 1. The number of carbonyl (C=O) groups excluding carboxylic acids is 1. The summed E-state index contributed by atoms with van der Waals surface area (Å²) in [6, 6.07) is 17.3. The number of carbonyl (C=O) groups is 1. The molecule has 0 saturated carbocycles. The van der Waals surface area contributed by atoms with Gasteiger partial charge >= 0.3 is 6.03 Å². The Balaban J connectivity index is 1.37. The molecular formula is C20H25N3O3S. The molecule has 2 amide bonds. The fourth-order valence-electron chi connectivity index (χ4n) is 3.20. The summed E-state index contributed by atoms with van der Waals surface area (Å²) < 4.78 is 26.5. The molecule has 0 atom stereocenters. The number of hydrogen-bond donors (Lipinski definition) is 2. The van der Waals surface area contributed by atoms with Gasteiger partial charge in [-0.3, -0.25) is 4.31 Å². The van der Waals surface area contributed by atoms with Gasteiger partial charge in [-0.15, -0.1) is 0 Å². The fraction of sp³-hybridized carbons (Fsp3) is 0.350. The SMILES string of the molecule is O=C(NCCCc1ccccc1)NCCS(=O)(=O)N1CCc2ccccc21. The van der Waals surface area contributed by atoms with Crippen LogP contribution in [0.1, 0.15) is 17.5 Å². The molecule has 0 fully saturated rings. The predicted octanol–water partition coefficient (Wildman–Crippen LogP) is 2.31. The van der Waals surface area contributed by atoms with Crippen LogP contribution in [0.2, 0.25) is 0 Å². The second kappa shape index (κ2) is 8.90. The number of amides is 2. The largest absolute Gasteiger partial charge is 0.338 e. The van der Waals surface area contributed by atoms with E-state index in [1.165, 1.54) is 9.87 Å². The summed E-state index contributed by atoms with van der Waals surface area (Å²) in [6.45, 7) is 1.10. The standard InChI is InChI=1S/C20H25N3O3S/c24-20(21-13-6-9-17-7-2-1-3-8-17)22-14-16-27(25,26)23-15-12-18-10-4-5-11-19(18)23/h1-5,7-8,10-11H,6,9,12-16H2,(H2,21,22,24). The van der Waals surface area contributed by atoms with Crippen molar-refractivity contribution < 1.29 is 13.2 Å². The lowest BCUT2D eigenvalue weighted by molar-refractivity contribution is 0.241. The van der Waals surface area contributed by atoms with Crippen LogP contribution in [0.4, 0.5) is 10.5 Å². The van der Waals surface area contributed by atoms with E-state index in [-0.39, 0.29) is 18.3 Å². The van der Waals surface area contributed by atoms with Gasteiger partial charge in [-0.2, -0.15) is 0 Å². The molecule has 0 saturated heterocycles. The van der Waals surface area contributed by atoms with E-state index in [9.17, 15) is 13.2 Å². The fourth-order valence-corrected chi connectivity index (χ4v) is 4.63. The number of aryl methyl sites for hydroxylation is 1. The second-order valence-corrected chi connectivity index (χ2v) is 8.55. The first kappa shape index (κ1) is 19.2. The molecule has 0 spiro atoms. The maximum absolute atomic E-state index is 12.5. The molecule has 1 heterocycles. The van der Waals surface area contributed by atoms with Crippen LogP contribution in [0, 0.1) is 0 Å². The minimum absolute atomic E-state index is 0.0888. The Morgan fingerprint density at radius 3 is 2.48 bits per heavy atom. The Hall–Kier alpha value is -2.54. The van der Waals surface area contributed by atoms with E-state index in [2.05, 4.69) is 22.8 Å². The van der Waals surface area contributed by atoms with Crippen LogP contribution in [0.15, 0.2) is 54.6 Å². The Labute approximate surface area is 160 Å². The summed E-state index contributed by atoms with van der Waals surface area (Å²) in [5.41, 5.74) is 3.03. The molecule has 0 aromatic heterocycles. The number of fused-ring (bicyclic) bond motifs is 1. The molecule has 0 unspecified atom stereocenters. The quantitative estimate of drug-likeness (QED) is 0.682. The summed E-state index contributed by atoms with van der Waals surface area (Å²) in [5, 5.41) is 5.39. The summed E-state index contributed by atoms with van der Waals surface area (Å²) in [7, 11) is -3.44. The van der Waals surface area contributed by atoms with Crippen molar-refractivity contribution in [2.24, 2.45) is 0 Å². The molecule has 0 bridgehead atoms. The highest BCUT2D eigenvalue weighted by Gasteiger charge is 2.28. The Kier molecular flexibility index (Phi) is 6.34. The van der Waals surface area contributed by atoms with Gasteiger partial charge in [0.1, 0.15) is 0 Å². The van der Waals surface area contributed by atoms with Gasteiger partial charge in [0.25, 0.3) is 0 Å². The summed E-state index contributed by atoms with van der Waals surface area (Å²) in [4.78, 5) is 11.8. The van der Waals surface area contributed by atoms with E-state index in [1.54, 1.807) is 0 Å². The number of nitrogens with one attached hydrogen (secondary N) is 2. The zero-order valence-electron chi connectivity index (χ0n) is 15.2. The molecule has 1 aliphatic heterocycles. The summed E-state index contributed by atoms with van der Waals surface area (Å²) in [6.07, 6.45) is 2.45. The molecule has 1 aliphatic rings. The van der Waals surface area contributed by atoms with Crippen molar-refractivity contribution in [1.29, 1.82) is 0 Å². The van der Waals surface area contributed by atoms with Crippen LogP contribution in [0.25, 0.3) is 0 Å². The van der Waals surface area contributed by atoms with E-state index < -0.39 is 10.0 Å². The van der Waals surface area contributed by atoms with Crippen molar-refractivity contribution in [3.63, 3.8) is 0 Å². The molecule has 2 aromatic carbocycles. The van der Waals surface area contributed by atoms with Crippen molar-refractivity contribution in [3.05, 3.63) is 65.7 Å². The third-order valence-corrected chi connectivity index (χ3v) is 6.37. The minimum Gasteiger partial charge on any atom is -0.338 e. The van der Waals surface area contributed by atoms with Crippen LogP contribution < -0.4 is 14.9 Å². The van der Waals surface area contributed by atoms with Gasteiger partial charge in [0, 0.05) is 19.6 Å². The molecular weight excluding hydrogens is 362 g/mol. The molecule has 0 aliphatic carbocycles. The van der Waals surface area contributed by atoms with Gasteiger partial charge in [-0.1, -0.05) is 48.5 Å². The zero-order chi connectivity index (χ0) is 19.1. The minimum atomic E-state index is -3.44. The van der Waals surface area contributed by atoms with Gasteiger partial charge in [0.2, 0.25) is 10.0 Å². The van der Waals surface area contributed by atoms with Crippen LogP contribution in [0.3, 0.4) is 0 Å². The van der Waals surface area contributed by atoms with E-state index in [0.717, 1.165) is 30.5 Å². The number of urea groups is 1. The number of benzene rings is 2. The van der Waals surface area contributed by atoms with Gasteiger partial charge < -0.3 is 10.6 Å². The van der Waals surface area contributed by atoms with Gasteiger partial charge in [-0.05, 0) is 36.5 Å². The second-order valence-electron chi connectivity index (χ2n) is 6.54. The van der Waals surface area contributed by atoms with Crippen molar-refractivity contribution in [2.75, 3.05) is 29.7 Å².